The van der Waals surface area contributed by atoms with Gasteiger partial charge in [0.1, 0.15) is 23.1 Å². The van der Waals surface area contributed by atoms with Crippen LogP contribution in [0.3, 0.4) is 0 Å². The first-order valence-electron chi connectivity index (χ1n) is 11.2. The molecule has 6 nitrogen and oxygen atoms in total. The van der Waals surface area contributed by atoms with Gasteiger partial charge in [-0.3, -0.25) is 9.69 Å². The first-order chi connectivity index (χ1) is 16.5. The van der Waals surface area contributed by atoms with Gasteiger partial charge in [-0.05, 0) is 48.0 Å². The molecule has 0 unspecified atom stereocenters. The van der Waals surface area contributed by atoms with Crippen molar-refractivity contribution in [2.45, 2.75) is 6.54 Å². The largest absolute Gasteiger partial charge is 0.507 e. The zero-order valence-electron chi connectivity index (χ0n) is 18.8. The van der Waals surface area contributed by atoms with Gasteiger partial charge in [0.2, 0.25) is 5.78 Å². The van der Waals surface area contributed by atoms with Crippen LogP contribution in [0.15, 0.2) is 66.4 Å². The van der Waals surface area contributed by atoms with Crippen LogP contribution < -0.4 is 14.4 Å². The molecule has 34 heavy (non-hydrogen) atoms. The van der Waals surface area contributed by atoms with Crippen LogP contribution in [0.4, 0.5) is 10.1 Å². The molecule has 7 heteroatoms. The second kappa shape index (κ2) is 9.19. The predicted molar refractivity (Wildman–Crippen MR) is 128 cm³/mol. The highest BCUT2D eigenvalue weighted by molar-refractivity contribution is 6.15. The van der Waals surface area contributed by atoms with Gasteiger partial charge in [0.05, 0.1) is 23.9 Å². The van der Waals surface area contributed by atoms with Crippen molar-refractivity contribution in [2.24, 2.45) is 0 Å². The average molecular weight is 461 g/mol. The summed E-state index contributed by atoms with van der Waals surface area (Å²) >= 11 is 0. The summed E-state index contributed by atoms with van der Waals surface area (Å²) < 4.78 is 25.3. The molecule has 0 bridgehead atoms. The number of para-hydroxylation sites is 1. The van der Waals surface area contributed by atoms with Crippen LogP contribution in [0.1, 0.15) is 21.5 Å². The van der Waals surface area contributed by atoms with E-state index in [4.69, 9.17) is 9.47 Å². The Kier molecular flexibility index (Phi) is 5.94. The Morgan fingerprint density at radius 3 is 2.47 bits per heavy atom. The molecular formula is C27H25FN2O4. The molecule has 174 valence electrons. The number of hydrogen-bond acceptors (Lipinski definition) is 6. The molecule has 3 aromatic carbocycles. The van der Waals surface area contributed by atoms with E-state index in [2.05, 4.69) is 4.90 Å². The molecule has 2 heterocycles. The SMILES string of the molecule is COc1ccc(/C=C2\Oc3c(ccc(O)c3CN3CCN(c4ccccc4F)CC3)C2=O)cc1. The number of allylic oxidation sites excluding steroid dienone is 1. The normalized spacial score (nSPS) is 17.1. The molecule has 1 N–H and O–H groups in total. The Hall–Kier alpha value is -3.84. The molecule has 0 radical (unpaired) electrons. The molecular weight excluding hydrogens is 435 g/mol. The predicted octanol–water partition coefficient (Wildman–Crippen LogP) is 4.48. The molecule has 3 aromatic rings. The van der Waals surface area contributed by atoms with Gasteiger partial charge < -0.3 is 19.5 Å². The number of carbonyl (C=O) groups is 1. The Balaban J connectivity index is 1.32. The van der Waals surface area contributed by atoms with E-state index in [1.807, 2.05) is 35.2 Å². The summed E-state index contributed by atoms with van der Waals surface area (Å²) in [5.74, 6) is 1.01. The zero-order valence-corrected chi connectivity index (χ0v) is 18.8. The van der Waals surface area contributed by atoms with E-state index in [-0.39, 0.29) is 23.1 Å². The first kappa shape index (κ1) is 22.0. The van der Waals surface area contributed by atoms with Crippen LogP contribution in [-0.4, -0.2) is 49.1 Å². The number of nitrogens with zero attached hydrogens (tertiary/aromatic N) is 2. The highest BCUT2D eigenvalue weighted by Crippen LogP contribution is 2.40. The Morgan fingerprint density at radius 2 is 1.76 bits per heavy atom. The summed E-state index contributed by atoms with van der Waals surface area (Å²) in [7, 11) is 1.60. The van der Waals surface area contributed by atoms with Crippen molar-refractivity contribution in [3.8, 4) is 17.2 Å². The molecule has 0 aliphatic carbocycles. The summed E-state index contributed by atoms with van der Waals surface area (Å²) in [5.41, 5.74) is 2.45. The van der Waals surface area contributed by atoms with E-state index in [1.54, 1.807) is 37.5 Å². The van der Waals surface area contributed by atoms with Crippen LogP contribution in [0, 0.1) is 5.82 Å². The van der Waals surface area contributed by atoms with E-state index >= 15 is 0 Å². The number of carbonyl (C=O) groups excluding carboxylic acids is 1. The number of benzene rings is 3. The molecule has 0 saturated carbocycles. The number of ether oxygens (including phenoxy) is 2. The summed E-state index contributed by atoms with van der Waals surface area (Å²) in [6.45, 7) is 3.15. The van der Waals surface area contributed by atoms with Crippen molar-refractivity contribution in [2.75, 3.05) is 38.2 Å². The minimum atomic E-state index is -0.224. The van der Waals surface area contributed by atoms with E-state index in [1.165, 1.54) is 6.07 Å². The molecule has 2 aliphatic heterocycles. The Morgan fingerprint density at radius 1 is 1.03 bits per heavy atom. The highest BCUT2D eigenvalue weighted by Gasteiger charge is 2.32. The summed E-state index contributed by atoms with van der Waals surface area (Å²) in [5, 5.41) is 10.6. The van der Waals surface area contributed by atoms with Crippen LogP contribution >= 0.6 is 0 Å². The topological polar surface area (TPSA) is 62.2 Å². The van der Waals surface area contributed by atoms with Gasteiger partial charge in [-0.25, -0.2) is 4.39 Å². The minimum absolute atomic E-state index is 0.0915. The van der Waals surface area contributed by atoms with Crippen molar-refractivity contribution in [1.29, 1.82) is 0 Å². The fourth-order valence-corrected chi connectivity index (χ4v) is 4.38. The number of fused-ring (bicyclic) bond motifs is 1. The monoisotopic (exact) mass is 460 g/mol. The smallest absolute Gasteiger partial charge is 0.231 e. The Bertz CT molecular complexity index is 1250. The van der Waals surface area contributed by atoms with Gasteiger partial charge in [-0.2, -0.15) is 0 Å². The second-order valence-electron chi connectivity index (χ2n) is 8.37. The molecule has 0 aromatic heterocycles. The maximum absolute atomic E-state index is 14.1. The van der Waals surface area contributed by atoms with Crippen LogP contribution in [0.25, 0.3) is 6.08 Å². The van der Waals surface area contributed by atoms with E-state index < -0.39 is 0 Å². The lowest BCUT2D eigenvalue weighted by atomic mass is 10.0. The number of anilines is 1. The molecule has 0 amide bonds. The zero-order chi connectivity index (χ0) is 23.7. The van der Waals surface area contributed by atoms with Crippen LogP contribution in [0.5, 0.6) is 17.2 Å². The summed E-state index contributed by atoms with van der Waals surface area (Å²) in [6, 6.07) is 17.2. The molecule has 0 atom stereocenters. The summed E-state index contributed by atoms with van der Waals surface area (Å²) in [6.07, 6.45) is 1.69. The molecule has 1 fully saturated rings. The number of phenolic OH excluding ortho intramolecular Hbond substituents is 1. The highest BCUT2D eigenvalue weighted by atomic mass is 19.1. The quantitative estimate of drug-likeness (QED) is 0.567. The third-order valence-corrected chi connectivity index (χ3v) is 6.28. The number of aromatic hydroxyl groups is 1. The van der Waals surface area contributed by atoms with Crippen molar-refractivity contribution in [1.82, 2.24) is 4.90 Å². The standard InChI is InChI=1S/C27H25FN2O4/c1-33-19-8-6-18(7-9-19)16-25-26(32)20-10-11-24(31)21(27(20)34-25)17-29-12-14-30(15-13-29)23-5-3-2-4-22(23)28/h2-11,16,31H,12-15,17H2,1H3/b25-16-. The van der Waals surface area contributed by atoms with E-state index in [0.29, 0.717) is 55.3 Å². The van der Waals surface area contributed by atoms with Gasteiger partial charge in [-0.15, -0.1) is 0 Å². The third-order valence-electron chi connectivity index (χ3n) is 6.28. The summed E-state index contributed by atoms with van der Waals surface area (Å²) in [4.78, 5) is 17.2. The number of halogens is 1. The van der Waals surface area contributed by atoms with E-state index in [9.17, 15) is 14.3 Å². The van der Waals surface area contributed by atoms with Crippen LogP contribution in [0.2, 0.25) is 0 Å². The molecule has 5 rings (SSSR count). The molecule has 2 aliphatic rings. The lowest BCUT2D eigenvalue weighted by molar-refractivity contribution is 0.101. The Labute approximate surface area is 197 Å². The van der Waals surface area contributed by atoms with Gasteiger partial charge in [0.15, 0.2) is 5.76 Å². The number of Topliss-reactive ketones (excluding diaryl/α,β-unsaturated/α-hetero) is 1. The number of piperazine rings is 1. The van der Waals surface area contributed by atoms with Gasteiger partial charge >= 0.3 is 0 Å². The van der Waals surface area contributed by atoms with Crippen LogP contribution in [-0.2, 0) is 6.54 Å². The maximum atomic E-state index is 14.1. The third kappa shape index (κ3) is 4.22. The van der Waals surface area contributed by atoms with Gasteiger partial charge in [-0.1, -0.05) is 24.3 Å². The van der Waals surface area contributed by atoms with E-state index in [0.717, 1.165) is 11.3 Å². The number of rotatable bonds is 5. The second-order valence-corrected chi connectivity index (χ2v) is 8.37. The molecule has 0 spiro atoms. The number of methoxy groups -OCH3 is 1. The fourth-order valence-electron chi connectivity index (χ4n) is 4.38. The van der Waals surface area contributed by atoms with Crippen molar-refractivity contribution in [3.05, 3.63) is 88.9 Å². The van der Waals surface area contributed by atoms with Gasteiger partial charge in [0.25, 0.3) is 0 Å². The van der Waals surface area contributed by atoms with Gasteiger partial charge in [0, 0.05) is 32.7 Å². The van der Waals surface area contributed by atoms with Crippen molar-refractivity contribution < 1.29 is 23.8 Å². The average Bonchev–Trinajstić information content (AvgIpc) is 3.17. The maximum Gasteiger partial charge on any atom is 0.231 e. The first-order valence-corrected chi connectivity index (χ1v) is 11.2. The number of hydrogen-bond donors (Lipinski definition) is 1. The lowest BCUT2D eigenvalue weighted by Crippen LogP contribution is -2.46. The van der Waals surface area contributed by atoms with Crippen molar-refractivity contribution in [3.63, 3.8) is 0 Å². The van der Waals surface area contributed by atoms with Crippen molar-refractivity contribution >= 4 is 17.5 Å². The fraction of sp³-hybridized carbons (Fsp3) is 0.222. The number of ketones is 1. The molecule has 1 saturated heterocycles. The minimum Gasteiger partial charge on any atom is -0.507 e. The lowest BCUT2D eigenvalue weighted by Gasteiger charge is -2.36. The number of phenols is 1.